The third kappa shape index (κ3) is 3.20. The maximum absolute atomic E-state index is 12.2. The van der Waals surface area contributed by atoms with E-state index < -0.39 is 0 Å². The normalized spacial score (nSPS) is 10.3. The Kier molecular flexibility index (Phi) is 4.00. The molecule has 19 heavy (non-hydrogen) atoms. The van der Waals surface area contributed by atoms with Crippen molar-refractivity contribution in [3.63, 3.8) is 0 Å². The van der Waals surface area contributed by atoms with Crippen LogP contribution in [0.1, 0.15) is 27.2 Å². The molecule has 0 aliphatic carbocycles. The van der Waals surface area contributed by atoms with Gasteiger partial charge in [0, 0.05) is 5.56 Å². The SMILES string of the molecule is Cc1ccc(C(=O)Nc2ccc(Br)nc2C)cc1C. The number of nitrogens with one attached hydrogen (secondary N) is 1. The summed E-state index contributed by atoms with van der Waals surface area (Å²) >= 11 is 3.30. The second-order valence-electron chi connectivity index (χ2n) is 4.52. The first kappa shape index (κ1) is 13.7. The smallest absolute Gasteiger partial charge is 0.255 e. The lowest BCUT2D eigenvalue weighted by molar-refractivity contribution is 0.102. The van der Waals surface area contributed by atoms with Crippen molar-refractivity contribution in [3.05, 3.63) is 57.3 Å². The summed E-state index contributed by atoms with van der Waals surface area (Å²) in [5, 5.41) is 2.88. The standard InChI is InChI=1S/C15H15BrN2O/c1-9-4-5-12(8-10(9)2)15(19)18-13-6-7-14(16)17-11(13)3/h4-8H,1-3H3,(H,18,19). The van der Waals surface area contributed by atoms with E-state index in [1.165, 1.54) is 5.56 Å². The van der Waals surface area contributed by atoms with E-state index in [1.54, 1.807) is 0 Å². The Bertz CT molecular complexity index is 638. The zero-order chi connectivity index (χ0) is 14.0. The van der Waals surface area contributed by atoms with Crippen LogP contribution < -0.4 is 5.32 Å². The fourth-order valence-corrected chi connectivity index (χ4v) is 2.14. The van der Waals surface area contributed by atoms with E-state index >= 15 is 0 Å². The van der Waals surface area contributed by atoms with Crippen molar-refractivity contribution in [2.45, 2.75) is 20.8 Å². The molecule has 0 fully saturated rings. The van der Waals surface area contributed by atoms with Crippen LogP contribution in [0.2, 0.25) is 0 Å². The minimum absolute atomic E-state index is 0.115. The highest BCUT2D eigenvalue weighted by molar-refractivity contribution is 9.10. The third-order valence-corrected chi connectivity index (χ3v) is 3.51. The number of amides is 1. The number of nitrogens with zero attached hydrogens (tertiary/aromatic N) is 1. The second kappa shape index (κ2) is 5.53. The molecule has 0 unspecified atom stereocenters. The lowest BCUT2D eigenvalue weighted by Gasteiger charge is -2.09. The lowest BCUT2D eigenvalue weighted by Crippen LogP contribution is -2.13. The average molecular weight is 319 g/mol. The Balaban J connectivity index is 2.23. The highest BCUT2D eigenvalue weighted by atomic mass is 79.9. The van der Waals surface area contributed by atoms with Crippen LogP contribution in [0.5, 0.6) is 0 Å². The molecule has 0 aliphatic heterocycles. The van der Waals surface area contributed by atoms with Crippen molar-refractivity contribution >= 4 is 27.5 Å². The number of carbonyl (C=O) groups excluding carboxylic acids is 1. The molecule has 2 aromatic rings. The summed E-state index contributed by atoms with van der Waals surface area (Å²) < 4.78 is 0.758. The average Bonchev–Trinajstić information content (AvgIpc) is 2.36. The maximum atomic E-state index is 12.2. The van der Waals surface area contributed by atoms with Crippen LogP contribution in [0, 0.1) is 20.8 Å². The Morgan fingerprint density at radius 3 is 2.47 bits per heavy atom. The Labute approximate surface area is 121 Å². The number of rotatable bonds is 2. The first-order valence-electron chi connectivity index (χ1n) is 5.99. The molecule has 0 bridgehead atoms. The van der Waals surface area contributed by atoms with Gasteiger partial charge in [0.1, 0.15) is 4.60 Å². The van der Waals surface area contributed by atoms with Crippen molar-refractivity contribution in [2.75, 3.05) is 5.32 Å². The van der Waals surface area contributed by atoms with Gasteiger partial charge in [0.15, 0.2) is 0 Å². The minimum Gasteiger partial charge on any atom is -0.320 e. The van der Waals surface area contributed by atoms with Gasteiger partial charge < -0.3 is 5.32 Å². The van der Waals surface area contributed by atoms with Crippen LogP contribution in [0.3, 0.4) is 0 Å². The van der Waals surface area contributed by atoms with Gasteiger partial charge in [0.2, 0.25) is 0 Å². The zero-order valence-electron chi connectivity index (χ0n) is 11.1. The molecular weight excluding hydrogens is 304 g/mol. The van der Waals surface area contributed by atoms with E-state index in [0.29, 0.717) is 5.56 Å². The topological polar surface area (TPSA) is 42.0 Å². The predicted octanol–water partition coefficient (Wildman–Crippen LogP) is 4.02. The molecule has 1 aromatic carbocycles. The lowest BCUT2D eigenvalue weighted by atomic mass is 10.1. The van der Waals surface area contributed by atoms with Gasteiger partial charge in [-0.05, 0) is 72.1 Å². The van der Waals surface area contributed by atoms with Crippen molar-refractivity contribution in [1.29, 1.82) is 0 Å². The van der Waals surface area contributed by atoms with Gasteiger partial charge in [-0.15, -0.1) is 0 Å². The zero-order valence-corrected chi connectivity index (χ0v) is 12.7. The van der Waals surface area contributed by atoms with E-state index in [-0.39, 0.29) is 5.91 Å². The van der Waals surface area contributed by atoms with Crippen LogP contribution in [0.15, 0.2) is 34.9 Å². The fourth-order valence-electron chi connectivity index (χ4n) is 1.74. The molecule has 1 aromatic heterocycles. The van der Waals surface area contributed by atoms with E-state index in [0.717, 1.165) is 21.5 Å². The fraction of sp³-hybridized carbons (Fsp3) is 0.200. The predicted molar refractivity (Wildman–Crippen MR) is 80.5 cm³/mol. The van der Waals surface area contributed by atoms with Crippen molar-refractivity contribution in [1.82, 2.24) is 4.98 Å². The van der Waals surface area contributed by atoms with Crippen LogP contribution in [0.4, 0.5) is 5.69 Å². The van der Waals surface area contributed by atoms with E-state index in [1.807, 2.05) is 51.1 Å². The molecule has 1 amide bonds. The number of aryl methyl sites for hydroxylation is 3. The number of halogens is 1. The van der Waals surface area contributed by atoms with Gasteiger partial charge in [0.05, 0.1) is 11.4 Å². The molecule has 0 radical (unpaired) electrons. The van der Waals surface area contributed by atoms with Gasteiger partial charge >= 0.3 is 0 Å². The second-order valence-corrected chi connectivity index (χ2v) is 5.33. The number of pyridine rings is 1. The highest BCUT2D eigenvalue weighted by Gasteiger charge is 2.09. The Morgan fingerprint density at radius 1 is 1.11 bits per heavy atom. The van der Waals surface area contributed by atoms with Gasteiger partial charge in [-0.3, -0.25) is 4.79 Å². The molecule has 1 heterocycles. The van der Waals surface area contributed by atoms with E-state index in [2.05, 4.69) is 26.2 Å². The summed E-state index contributed by atoms with van der Waals surface area (Å²) in [7, 11) is 0. The quantitative estimate of drug-likeness (QED) is 0.850. The number of hydrogen-bond acceptors (Lipinski definition) is 2. The largest absolute Gasteiger partial charge is 0.320 e. The van der Waals surface area contributed by atoms with Crippen LogP contribution in [-0.4, -0.2) is 10.9 Å². The number of anilines is 1. The first-order chi connectivity index (χ1) is 8.97. The monoisotopic (exact) mass is 318 g/mol. The summed E-state index contributed by atoms with van der Waals surface area (Å²) in [6, 6.07) is 9.33. The van der Waals surface area contributed by atoms with Crippen LogP contribution in [0.25, 0.3) is 0 Å². The summed E-state index contributed by atoms with van der Waals surface area (Å²) in [6.07, 6.45) is 0. The van der Waals surface area contributed by atoms with Gasteiger partial charge in [0.25, 0.3) is 5.91 Å². The molecule has 98 valence electrons. The molecule has 0 spiro atoms. The summed E-state index contributed by atoms with van der Waals surface area (Å²) in [5.41, 5.74) is 4.46. The van der Waals surface area contributed by atoms with E-state index in [4.69, 9.17) is 0 Å². The highest BCUT2D eigenvalue weighted by Crippen LogP contribution is 2.18. The molecule has 2 rings (SSSR count). The van der Waals surface area contributed by atoms with Gasteiger partial charge in [-0.2, -0.15) is 0 Å². The first-order valence-corrected chi connectivity index (χ1v) is 6.78. The summed E-state index contributed by atoms with van der Waals surface area (Å²) in [5.74, 6) is -0.115. The van der Waals surface area contributed by atoms with Crippen molar-refractivity contribution < 1.29 is 4.79 Å². The molecule has 3 nitrogen and oxygen atoms in total. The molecule has 0 atom stereocenters. The molecular formula is C15H15BrN2O. The summed E-state index contributed by atoms with van der Waals surface area (Å²) in [6.45, 7) is 5.89. The van der Waals surface area contributed by atoms with E-state index in [9.17, 15) is 4.79 Å². The van der Waals surface area contributed by atoms with Gasteiger partial charge in [-0.1, -0.05) is 6.07 Å². The van der Waals surface area contributed by atoms with Crippen LogP contribution >= 0.6 is 15.9 Å². The maximum Gasteiger partial charge on any atom is 0.255 e. The molecule has 4 heteroatoms. The molecule has 0 saturated carbocycles. The number of carbonyl (C=O) groups is 1. The molecule has 0 aliphatic rings. The number of aromatic nitrogens is 1. The van der Waals surface area contributed by atoms with Crippen LogP contribution in [-0.2, 0) is 0 Å². The molecule has 1 N–H and O–H groups in total. The molecule has 0 saturated heterocycles. The number of benzene rings is 1. The van der Waals surface area contributed by atoms with Gasteiger partial charge in [-0.25, -0.2) is 4.98 Å². The van der Waals surface area contributed by atoms with Crippen molar-refractivity contribution in [3.8, 4) is 0 Å². The number of hydrogen-bond donors (Lipinski definition) is 1. The Hall–Kier alpha value is -1.68. The minimum atomic E-state index is -0.115. The Morgan fingerprint density at radius 2 is 1.84 bits per heavy atom. The third-order valence-electron chi connectivity index (χ3n) is 3.07. The van der Waals surface area contributed by atoms with Crippen molar-refractivity contribution in [2.24, 2.45) is 0 Å². The summed E-state index contributed by atoms with van der Waals surface area (Å²) in [4.78, 5) is 16.4.